The van der Waals surface area contributed by atoms with Crippen molar-refractivity contribution in [3.63, 3.8) is 0 Å². The van der Waals surface area contributed by atoms with Gasteiger partial charge in [0.2, 0.25) is 0 Å². The molecule has 1 amide bonds. The molecule has 0 saturated heterocycles. The summed E-state index contributed by atoms with van der Waals surface area (Å²) in [5, 5.41) is 4.61. The normalized spacial score (nSPS) is 12.3. The quantitative estimate of drug-likeness (QED) is 0.855. The van der Waals surface area contributed by atoms with E-state index >= 15 is 0 Å². The summed E-state index contributed by atoms with van der Waals surface area (Å²) in [6.07, 6.45) is 3.39. The molecule has 3 N–H and O–H groups in total. The summed E-state index contributed by atoms with van der Waals surface area (Å²) in [5.41, 5.74) is 6.40. The molecule has 1 atom stereocenters. The van der Waals surface area contributed by atoms with E-state index < -0.39 is 0 Å². The molecule has 0 bridgehead atoms. The largest absolute Gasteiger partial charge is 0.383 e. The Kier molecular flexibility index (Phi) is 5.11. The first-order valence-electron chi connectivity index (χ1n) is 7.10. The summed E-state index contributed by atoms with van der Waals surface area (Å²) < 4.78 is 5.15. The summed E-state index contributed by atoms with van der Waals surface area (Å²) in [6, 6.07) is 7.52. The average Bonchev–Trinajstić information content (AvgIpc) is 2.48. The van der Waals surface area contributed by atoms with Crippen molar-refractivity contribution in [2.45, 2.75) is 25.8 Å². The molecule has 0 aliphatic carbocycles. The van der Waals surface area contributed by atoms with Crippen LogP contribution in [0.25, 0.3) is 10.8 Å². The minimum Gasteiger partial charge on any atom is -0.383 e. The number of carbonyl (C=O) groups is 1. The SMILES string of the molecule is CCCC(COC)NC(=O)c1cnc(N)c2ccccc12. The Bertz CT molecular complexity index is 622. The van der Waals surface area contributed by atoms with E-state index in [2.05, 4.69) is 17.2 Å². The van der Waals surface area contributed by atoms with E-state index in [4.69, 9.17) is 10.5 Å². The number of nitrogens with two attached hydrogens (primary N) is 1. The fourth-order valence-corrected chi connectivity index (χ4v) is 2.41. The third kappa shape index (κ3) is 3.49. The molecule has 0 aliphatic heterocycles. The predicted molar refractivity (Wildman–Crippen MR) is 84.2 cm³/mol. The molecular formula is C16H21N3O2. The van der Waals surface area contributed by atoms with E-state index in [9.17, 15) is 4.79 Å². The molecule has 2 aromatic rings. The minimum absolute atomic E-state index is 0.00353. The van der Waals surface area contributed by atoms with Crippen molar-refractivity contribution in [3.8, 4) is 0 Å². The van der Waals surface area contributed by atoms with Gasteiger partial charge in [0.05, 0.1) is 18.2 Å². The third-order valence-electron chi connectivity index (χ3n) is 3.41. The van der Waals surface area contributed by atoms with Gasteiger partial charge in [-0.3, -0.25) is 4.79 Å². The zero-order chi connectivity index (χ0) is 15.2. The first-order chi connectivity index (χ1) is 10.2. The number of anilines is 1. The van der Waals surface area contributed by atoms with Crippen LogP contribution in [-0.4, -0.2) is 30.6 Å². The van der Waals surface area contributed by atoms with E-state index in [1.807, 2.05) is 24.3 Å². The van der Waals surface area contributed by atoms with Crippen molar-refractivity contribution < 1.29 is 9.53 Å². The van der Waals surface area contributed by atoms with Gasteiger partial charge in [-0.25, -0.2) is 4.98 Å². The van der Waals surface area contributed by atoms with Crippen LogP contribution in [0, 0.1) is 0 Å². The van der Waals surface area contributed by atoms with Gasteiger partial charge in [-0.1, -0.05) is 37.6 Å². The fourth-order valence-electron chi connectivity index (χ4n) is 2.41. The highest BCUT2D eigenvalue weighted by Gasteiger charge is 2.16. The van der Waals surface area contributed by atoms with Crippen molar-refractivity contribution in [2.75, 3.05) is 19.5 Å². The van der Waals surface area contributed by atoms with Gasteiger partial charge < -0.3 is 15.8 Å². The number of amides is 1. The number of rotatable bonds is 6. The highest BCUT2D eigenvalue weighted by molar-refractivity contribution is 6.09. The molecule has 0 spiro atoms. The van der Waals surface area contributed by atoms with Gasteiger partial charge in [0, 0.05) is 18.7 Å². The maximum Gasteiger partial charge on any atom is 0.253 e. The van der Waals surface area contributed by atoms with E-state index in [1.54, 1.807) is 7.11 Å². The Morgan fingerprint density at radius 3 is 2.76 bits per heavy atom. The zero-order valence-corrected chi connectivity index (χ0v) is 12.4. The number of nitrogen functional groups attached to an aromatic ring is 1. The average molecular weight is 287 g/mol. The number of aromatic nitrogens is 1. The number of pyridine rings is 1. The molecule has 21 heavy (non-hydrogen) atoms. The number of nitrogens with zero attached hydrogens (tertiary/aromatic N) is 1. The molecule has 0 saturated carbocycles. The Labute approximate surface area is 124 Å². The number of ether oxygens (including phenoxy) is 1. The lowest BCUT2D eigenvalue weighted by molar-refractivity contribution is 0.0893. The second-order valence-electron chi connectivity index (χ2n) is 5.02. The first-order valence-corrected chi connectivity index (χ1v) is 7.10. The van der Waals surface area contributed by atoms with Crippen molar-refractivity contribution >= 4 is 22.5 Å². The van der Waals surface area contributed by atoms with Crippen LogP contribution in [0.5, 0.6) is 0 Å². The molecule has 0 fully saturated rings. The van der Waals surface area contributed by atoms with Crippen LogP contribution >= 0.6 is 0 Å². The smallest absolute Gasteiger partial charge is 0.253 e. The highest BCUT2D eigenvalue weighted by Crippen LogP contribution is 2.22. The van der Waals surface area contributed by atoms with Gasteiger partial charge in [-0.2, -0.15) is 0 Å². The summed E-state index contributed by atoms with van der Waals surface area (Å²) in [6.45, 7) is 2.58. The van der Waals surface area contributed by atoms with Crippen LogP contribution in [0.2, 0.25) is 0 Å². The Hall–Kier alpha value is -2.14. The van der Waals surface area contributed by atoms with Crippen LogP contribution in [-0.2, 0) is 4.74 Å². The lowest BCUT2D eigenvalue weighted by atomic mass is 10.1. The van der Waals surface area contributed by atoms with Crippen LogP contribution in [0.15, 0.2) is 30.5 Å². The molecule has 1 unspecified atom stereocenters. The van der Waals surface area contributed by atoms with Gasteiger partial charge in [0.25, 0.3) is 5.91 Å². The number of nitrogens with one attached hydrogen (secondary N) is 1. The summed E-state index contributed by atoms with van der Waals surface area (Å²) >= 11 is 0. The molecule has 5 heteroatoms. The Morgan fingerprint density at radius 1 is 1.38 bits per heavy atom. The lowest BCUT2D eigenvalue weighted by Gasteiger charge is -2.17. The predicted octanol–water partition coefficient (Wildman–Crippen LogP) is 2.36. The maximum absolute atomic E-state index is 12.5. The van der Waals surface area contributed by atoms with E-state index in [-0.39, 0.29) is 11.9 Å². The van der Waals surface area contributed by atoms with Crippen molar-refractivity contribution in [1.29, 1.82) is 0 Å². The van der Waals surface area contributed by atoms with Gasteiger partial charge in [-0.05, 0) is 11.8 Å². The van der Waals surface area contributed by atoms with Gasteiger partial charge in [-0.15, -0.1) is 0 Å². The minimum atomic E-state index is -0.144. The number of carbonyl (C=O) groups excluding carboxylic acids is 1. The number of fused-ring (bicyclic) bond motifs is 1. The van der Waals surface area contributed by atoms with Gasteiger partial charge in [0.15, 0.2) is 0 Å². The van der Waals surface area contributed by atoms with Crippen LogP contribution in [0.3, 0.4) is 0 Å². The third-order valence-corrected chi connectivity index (χ3v) is 3.41. The number of hydrogen-bond acceptors (Lipinski definition) is 4. The van der Waals surface area contributed by atoms with E-state index in [0.29, 0.717) is 18.0 Å². The molecule has 2 rings (SSSR count). The Balaban J connectivity index is 2.29. The van der Waals surface area contributed by atoms with Gasteiger partial charge >= 0.3 is 0 Å². The summed E-state index contributed by atoms with van der Waals surface area (Å²) in [4.78, 5) is 16.6. The Morgan fingerprint density at radius 2 is 2.10 bits per heavy atom. The standard InChI is InChI=1S/C16H21N3O2/c1-3-6-11(10-21-2)19-16(20)14-9-18-15(17)13-8-5-4-7-12(13)14/h4-5,7-9,11H,3,6,10H2,1-2H3,(H2,17,18)(H,19,20). The molecule has 1 heterocycles. The van der Waals surface area contributed by atoms with Crippen LogP contribution in [0.4, 0.5) is 5.82 Å². The van der Waals surface area contributed by atoms with E-state index in [1.165, 1.54) is 6.20 Å². The number of methoxy groups -OCH3 is 1. The van der Waals surface area contributed by atoms with Crippen molar-refractivity contribution in [3.05, 3.63) is 36.0 Å². The molecule has 1 aromatic carbocycles. The number of benzene rings is 1. The van der Waals surface area contributed by atoms with Gasteiger partial charge in [0.1, 0.15) is 5.82 Å². The van der Waals surface area contributed by atoms with E-state index in [0.717, 1.165) is 23.6 Å². The number of hydrogen-bond donors (Lipinski definition) is 2. The topological polar surface area (TPSA) is 77.2 Å². The zero-order valence-electron chi connectivity index (χ0n) is 12.4. The molecule has 0 aliphatic rings. The second kappa shape index (κ2) is 7.04. The molecule has 112 valence electrons. The molecule has 1 aromatic heterocycles. The maximum atomic E-state index is 12.5. The van der Waals surface area contributed by atoms with Crippen molar-refractivity contribution in [1.82, 2.24) is 10.3 Å². The second-order valence-corrected chi connectivity index (χ2v) is 5.02. The highest BCUT2D eigenvalue weighted by atomic mass is 16.5. The fraction of sp³-hybridized carbons (Fsp3) is 0.375. The summed E-state index contributed by atoms with van der Waals surface area (Å²) in [7, 11) is 1.63. The first kappa shape index (κ1) is 15.3. The molecular weight excluding hydrogens is 266 g/mol. The lowest BCUT2D eigenvalue weighted by Crippen LogP contribution is -2.38. The summed E-state index contributed by atoms with van der Waals surface area (Å²) in [5.74, 6) is 0.290. The monoisotopic (exact) mass is 287 g/mol. The molecule has 5 nitrogen and oxygen atoms in total. The molecule has 0 radical (unpaired) electrons. The van der Waals surface area contributed by atoms with Crippen LogP contribution in [0.1, 0.15) is 30.1 Å². The van der Waals surface area contributed by atoms with Crippen molar-refractivity contribution in [2.24, 2.45) is 0 Å². The van der Waals surface area contributed by atoms with Crippen LogP contribution < -0.4 is 11.1 Å².